The number of likely N-dealkylation sites (tertiary alicyclic amines) is 1. The Hall–Kier alpha value is -0.650. The fourth-order valence-electron chi connectivity index (χ4n) is 3.38. The fraction of sp³-hybridized carbons (Fsp3) is 0.933. The maximum absolute atomic E-state index is 12.3. The molecule has 0 bridgehead atoms. The first-order chi connectivity index (χ1) is 9.74. The van der Waals surface area contributed by atoms with Gasteiger partial charge in [0.1, 0.15) is 0 Å². The summed E-state index contributed by atoms with van der Waals surface area (Å²) < 4.78 is 0. The summed E-state index contributed by atoms with van der Waals surface area (Å²) in [5, 5.41) is 3.33. The van der Waals surface area contributed by atoms with Gasteiger partial charge < -0.3 is 15.1 Å². The Kier molecular flexibility index (Phi) is 6.26. The lowest BCUT2D eigenvalue weighted by Gasteiger charge is -2.38. The highest BCUT2D eigenvalue weighted by molar-refractivity contribution is 5.78. The van der Waals surface area contributed by atoms with Crippen LogP contribution in [0.3, 0.4) is 0 Å². The second-order valence-electron chi connectivity index (χ2n) is 5.86. The Morgan fingerprint density at radius 2 is 1.70 bits per heavy atom. The van der Waals surface area contributed by atoms with E-state index in [-0.39, 0.29) is 0 Å². The van der Waals surface area contributed by atoms with E-state index in [0.717, 1.165) is 65.2 Å². The molecule has 20 heavy (non-hydrogen) atoms. The quantitative estimate of drug-likeness (QED) is 0.783. The van der Waals surface area contributed by atoms with Crippen LogP contribution in [0.4, 0.5) is 0 Å². The van der Waals surface area contributed by atoms with E-state index < -0.39 is 0 Å². The van der Waals surface area contributed by atoms with E-state index >= 15 is 0 Å². The molecule has 2 heterocycles. The van der Waals surface area contributed by atoms with Crippen LogP contribution in [0.5, 0.6) is 0 Å². The van der Waals surface area contributed by atoms with Crippen molar-refractivity contribution in [2.45, 2.75) is 32.7 Å². The first kappa shape index (κ1) is 15.7. The molecule has 0 aromatic carbocycles. The van der Waals surface area contributed by atoms with Crippen LogP contribution in [0.15, 0.2) is 0 Å². The standard InChI is InChI=1S/C15H30N4O/c1-3-18(4-2)14-5-9-19(10-6-14)15(20)13-17-11-7-16-8-12-17/h14,16H,3-13H2,1-2H3. The molecule has 1 amide bonds. The molecule has 0 spiro atoms. The van der Waals surface area contributed by atoms with Crippen LogP contribution >= 0.6 is 0 Å². The number of hydrogen-bond acceptors (Lipinski definition) is 4. The van der Waals surface area contributed by atoms with Gasteiger partial charge in [-0.05, 0) is 25.9 Å². The van der Waals surface area contributed by atoms with Gasteiger partial charge in [0.05, 0.1) is 6.54 Å². The molecule has 2 fully saturated rings. The Balaban J connectivity index is 1.73. The second kappa shape index (κ2) is 7.96. The number of piperazine rings is 1. The molecule has 0 saturated carbocycles. The van der Waals surface area contributed by atoms with Crippen LogP contribution in [0.1, 0.15) is 26.7 Å². The second-order valence-corrected chi connectivity index (χ2v) is 5.86. The summed E-state index contributed by atoms with van der Waals surface area (Å²) >= 11 is 0. The van der Waals surface area contributed by atoms with Crippen molar-refractivity contribution in [2.75, 3.05) is 58.9 Å². The van der Waals surface area contributed by atoms with Crippen molar-refractivity contribution in [1.82, 2.24) is 20.0 Å². The smallest absolute Gasteiger partial charge is 0.236 e. The average Bonchev–Trinajstić information content (AvgIpc) is 2.50. The number of carbonyl (C=O) groups is 1. The molecule has 0 aromatic rings. The molecule has 0 radical (unpaired) electrons. The van der Waals surface area contributed by atoms with Gasteiger partial charge in [0.15, 0.2) is 0 Å². The Bertz CT molecular complexity index is 292. The molecule has 5 heteroatoms. The highest BCUT2D eigenvalue weighted by Gasteiger charge is 2.26. The minimum Gasteiger partial charge on any atom is -0.341 e. The fourth-order valence-corrected chi connectivity index (χ4v) is 3.38. The van der Waals surface area contributed by atoms with E-state index in [9.17, 15) is 4.79 Å². The summed E-state index contributed by atoms with van der Waals surface area (Å²) in [7, 11) is 0. The molecular weight excluding hydrogens is 252 g/mol. The van der Waals surface area contributed by atoms with Gasteiger partial charge in [0.2, 0.25) is 5.91 Å². The molecule has 2 saturated heterocycles. The number of piperidine rings is 1. The summed E-state index contributed by atoms with van der Waals surface area (Å²) in [5.74, 6) is 0.324. The SMILES string of the molecule is CCN(CC)C1CCN(C(=O)CN2CCNCC2)CC1. The monoisotopic (exact) mass is 282 g/mol. The molecule has 0 aromatic heterocycles. The number of carbonyl (C=O) groups excluding carboxylic acids is 1. The van der Waals surface area contributed by atoms with Gasteiger partial charge in [-0.2, -0.15) is 0 Å². The zero-order valence-electron chi connectivity index (χ0n) is 13.1. The van der Waals surface area contributed by atoms with E-state index in [2.05, 4.69) is 33.9 Å². The van der Waals surface area contributed by atoms with Gasteiger partial charge in [0.25, 0.3) is 0 Å². The minimum absolute atomic E-state index is 0.324. The van der Waals surface area contributed by atoms with Gasteiger partial charge in [-0.1, -0.05) is 13.8 Å². The molecule has 1 N–H and O–H groups in total. The first-order valence-corrected chi connectivity index (χ1v) is 8.19. The molecular formula is C15H30N4O. The van der Waals surface area contributed by atoms with Gasteiger partial charge in [0, 0.05) is 45.3 Å². The number of nitrogens with zero attached hydrogens (tertiary/aromatic N) is 3. The highest BCUT2D eigenvalue weighted by Crippen LogP contribution is 2.16. The summed E-state index contributed by atoms with van der Waals surface area (Å²) in [6, 6.07) is 0.674. The van der Waals surface area contributed by atoms with Crippen LogP contribution in [0.2, 0.25) is 0 Å². The number of nitrogens with one attached hydrogen (secondary N) is 1. The molecule has 2 aliphatic heterocycles. The largest absolute Gasteiger partial charge is 0.341 e. The summed E-state index contributed by atoms with van der Waals surface area (Å²) in [6.45, 7) is 13.2. The topological polar surface area (TPSA) is 38.8 Å². The van der Waals surface area contributed by atoms with Gasteiger partial charge in [-0.3, -0.25) is 9.69 Å². The summed E-state index contributed by atoms with van der Waals surface area (Å²) in [6.07, 6.45) is 2.27. The molecule has 2 rings (SSSR count). The Labute approximate surface area is 123 Å². The first-order valence-electron chi connectivity index (χ1n) is 8.19. The zero-order valence-corrected chi connectivity index (χ0v) is 13.1. The van der Waals surface area contributed by atoms with Crippen molar-refractivity contribution in [1.29, 1.82) is 0 Å². The van der Waals surface area contributed by atoms with Gasteiger partial charge in [-0.25, -0.2) is 0 Å². The third kappa shape index (κ3) is 4.17. The van der Waals surface area contributed by atoms with Crippen molar-refractivity contribution in [3.05, 3.63) is 0 Å². The van der Waals surface area contributed by atoms with Crippen LogP contribution in [-0.2, 0) is 4.79 Å². The maximum Gasteiger partial charge on any atom is 0.236 e. The lowest BCUT2D eigenvalue weighted by molar-refractivity contribution is -0.134. The van der Waals surface area contributed by atoms with E-state index in [1.165, 1.54) is 0 Å². The van der Waals surface area contributed by atoms with Crippen molar-refractivity contribution in [2.24, 2.45) is 0 Å². The van der Waals surface area contributed by atoms with Crippen molar-refractivity contribution in [3.8, 4) is 0 Å². The van der Waals surface area contributed by atoms with Crippen LogP contribution in [0, 0.1) is 0 Å². The molecule has 116 valence electrons. The molecule has 0 unspecified atom stereocenters. The lowest BCUT2D eigenvalue weighted by Crippen LogP contribution is -2.51. The Morgan fingerprint density at radius 3 is 2.25 bits per heavy atom. The number of hydrogen-bond donors (Lipinski definition) is 1. The van der Waals surface area contributed by atoms with Gasteiger partial charge >= 0.3 is 0 Å². The summed E-state index contributed by atoms with van der Waals surface area (Å²) in [5.41, 5.74) is 0. The predicted octanol–water partition coefficient (Wildman–Crippen LogP) is 0.224. The third-order valence-corrected chi connectivity index (χ3v) is 4.71. The van der Waals surface area contributed by atoms with Crippen LogP contribution in [0.25, 0.3) is 0 Å². The molecule has 5 nitrogen and oxygen atoms in total. The summed E-state index contributed by atoms with van der Waals surface area (Å²) in [4.78, 5) is 19.2. The molecule has 0 atom stereocenters. The van der Waals surface area contributed by atoms with E-state index in [4.69, 9.17) is 0 Å². The third-order valence-electron chi connectivity index (χ3n) is 4.71. The van der Waals surface area contributed by atoms with Crippen molar-refractivity contribution in [3.63, 3.8) is 0 Å². The average molecular weight is 282 g/mol. The van der Waals surface area contributed by atoms with Crippen molar-refractivity contribution >= 4 is 5.91 Å². The maximum atomic E-state index is 12.3. The number of amides is 1. The van der Waals surface area contributed by atoms with Crippen molar-refractivity contribution < 1.29 is 4.79 Å². The lowest BCUT2D eigenvalue weighted by atomic mass is 10.0. The normalized spacial score (nSPS) is 22.4. The zero-order chi connectivity index (χ0) is 14.4. The highest BCUT2D eigenvalue weighted by atomic mass is 16.2. The van der Waals surface area contributed by atoms with E-state index in [1.54, 1.807) is 0 Å². The van der Waals surface area contributed by atoms with E-state index in [1.807, 2.05) is 0 Å². The van der Waals surface area contributed by atoms with Gasteiger partial charge in [-0.15, -0.1) is 0 Å². The predicted molar refractivity (Wildman–Crippen MR) is 81.8 cm³/mol. The van der Waals surface area contributed by atoms with Crippen LogP contribution in [-0.4, -0.2) is 85.6 Å². The number of rotatable bonds is 5. The molecule has 2 aliphatic rings. The Morgan fingerprint density at radius 1 is 1.10 bits per heavy atom. The van der Waals surface area contributed by atoms with E-state index in [0.29, 0.717) is 18.5 Å². The minimum atomic E-state index is 0.324. The molecule has 0 aliphatic carbocycles. The van der Waals surface area contributed by atoms with Crippen LogP contribution < -0.4 is 5.32 Å².